The maximum atomic E-state index is 14.2. The Morgan fingerprint density at radius 3 is 1.15 bits per heavy atom. The summed E-state index contributed by atoms with van der Waals surface area (Å²) in [6.45, 7) is 15.1. The van der Waals surface area contributed by atoms with Gasteiger partial charge in [0.1, 0.15) is 0 Å². The monoisotopic (exact) mass is 1750 g/mol. The summed E-state index contributed by atoms with van der Waals surface area (Å²) in [6, 6.07) is 74.1. The van der Waals surface area contributed by atoms with Crippen LogP contribution in [-0.2, 0) is 14.4 Å². The molecule has 0 bridgehead atoms. The van der Waals surface area contributed by atoms with Gasteiger partial charge in [0.25, 0.3) is 17.7 Å². The Morgan fingerprint density at radius 2 is 0.740 bits per heavy atom. The summed E-state index contributed by atoms with van der Waals surface area (Å²) in [4.78, 5) is 101. The molecule has 0 radical (unpaired) electrons. The van der Waals surface area contributed by atoms with E-state index in [1.165, 1.54) is 86.5 Å². The van der Waals surface area contributed by atoms with Gasteiger partial charge in [-0.25, -0.2) is 4.79 Å². The van der Waals surface area contributed by atoms with Crippen LogP contribution in [0, 0.1) is 5.92 Å². The van der Waals surface area contributed by atoms with Gasteiger partial charge < -0.3 is 56.6 Å². The largest absolute Gasteiger partial charge is 0.478 e. The van der Waals surface area contributed by atoms with E-state index in [9.17, 15) is 38.7 Å². The summed E-state index contributed by atoms with van der Waals surface area (Å²) in [7, 11) is 0. The topological polar surface area (TPSA) is 225 Å². The van der Waals surface area contributed by atoms with Crippen LogP contribution in [0.3, 0.4) is 0 Å². The molecule has 8 atom stereocenters. The third kappa shape index (κ3) is 27.4. The van der Waals surface area contributed by atoms with Gasteiger partial charge in [0.15, 0.2) is 0 Å². The fourth-order valence-electron chi connectivity index (χ4n) is 19.1. The highest BCUT2D eigenvalue weighted by atomic mass is 35.5. The molecular formula is C107H130Cl2N10O8. The summed E-state index contributed by atoms with van der Waals surface area (Å²) in [6.07, 6.45) is 22.6. The molecule has 10 aromatic rings. The lowest BCUT2D eigenvalue weighted by atomic mass is 9.85. The smallest absolute Gasteiger partial charge is 0.335 e. The zero-order valence-corrected chi connectivity index (χ0v) is 75.9. The van der Waals surface area contributed by atoms with Crippen LogP contribution in [0.25, 0.3) is 32.3 Å². The molecule has 1 saturated carbocycles. The number of halogens is 2. The molecule has 4 heterocycles. The average molecular weight is 1760 g/mol. The fraction of sp³-hybridized carbons (Fsp3) is 0.430. The summed E-state index contributed by atoms with van der Waals surface area (Å²) in [5, 5.41) is 36.6. The number of likely N-dealkylation sites (tertiary alicyclic amines) is 1. The number of carbonyl (C=O) groups excluding carboxylic acids is 6. The third-order valence-corrected chi connectivity index (χ3v) is 27.2. The lowest BCUT2D eigenvalue weighted by Gasteiger charge is -2.31. The maximum absolute atomic E-state index is 14.2. The molecule has 15 rings (SSSR count). The van der Waals surface area contributed by atoms with Gasteiger partial charge in [0.05, 0.1) is 23.7 Å². The van der Waals surface area contributed by atoms with Crippen LogP contribution in [0.4, 0.5) is 0 Å². The number of hydrogen-bond donors (Lipinski definition) is 7. The number of nitrogens with one attached hydrogen (secondary N) is 6. The standard InChI is InChI=1S/C39H44N4O4.C35H44ClN3O2.C33H42ClN3O2/c44-37(32-16-14-31-25-33(39(46)47)17-15-30(31)24-32)40-26-34-18-23-43(38(45)36(41-34)19-22-42-20-8-3-9-21-42)27-35(28-10-4-1-5-11-28)29-12-6-2-7-13-29;1-2-26(27-11-7-4-8-12-27)24-39-20-19-32(38-33(35(39)41)18-13-25-9-5-3-6-10-25)23-37-34(40)30-15-14-29-22-31(36)17-16-28(29)21-30;1-3-5-6-10-13-31-33(39)37(23-24(4-2)25-11-8-7-9-12-25)19-18-30(36-31)22-35-32(38)28-15-14-27-21-29(34)17-16-26(27)20-28/h1-2,4-7,10-17,24-25,34-36,41H,3,8-9,18-23,26-27H2,(H,40,44)(H,46,47);4,7-8,11-12,14-17,21-22,25-26,32-33,38H,2-3,5-6,9-10,13,18-20,23-24H2,1H3,(H,37,40);7-9,11-12,14-17,20-21,24,30-31,36H,3-6,10,13,18-19,22-23H2,1-2H3,(H,35,38)/t34-,36-;26-,32+,33+;24-,30+,31+/m011/s1. The van der Waals surface area contributed by atoms with Crippen molar-refractivity contribution in [1.29, 1.82) is 0 Å². The van der Waals surface area contributed by atoms with E-state index in [2.05, 4.69) is 164 Å². The fourth-order valence-corrected chi connectivity index (χ4v) is 19.5. The van der Waals surface area contributed by atoms with Gasteiger partial charge in [-0.15, -0.1) is 0 Å². The highest BCUT2D eigenvalue weighted by molar-refractivity contribution is 6.31. The lowest BCUT2D eigenvalue weighted by molar-refractivity contribution is -0.134. The molecule has 1 aliphatic carbocycles. The van der Waals surface area contributed by atoms with Crippen molar-refractivity contribution in [3.05, 3.63) is 285 Å². The maximum Gasteiger partial charge on any atom is 0.335 e. The van der Waals surface area contributed by atoms with Crippen LogP contribution in [0.15, 0.2) is 231 Å². The number of amides is 6. The number of rotatable bonds is 33. The first-order chi connectivity index (χ1) is 61.9. The van der Waals surface area contributed by atoms with E-state index in [1.54, 1.807) is 36.4 Å². The lowest BCUT2D eigenvalue weighted by Crippen LogP contribution is -2.50. The molecule has 4 saturated heterocycles. The van der Waals surface area contributed by atoms with Crippen LogP contribution >= 0.6 is 23.2 Å². The molecule has 0 aromatic heterocycles. The van der Waals surface area contributed by atoms with E-state index >= 15 is 0 Å². The van der Waals surface area contributed by atoms with E-state index < -0.39 is 5.97 Å². The SMILES string of the molecule is CCCCCC[C@@H]1N[C@H](CNC(=O)c2ccc3cc(Cl)ccc3c2)CCN(C[C@@H](CC)c2ccccc2)C1=O.CC[C@H](CN1CC[C@@H](CNC(=O)c2ccc3cc(Cl)ccc3c2)N[C@@H](CCC2CCCCC2)C1=O)c1ccccc1.O=C(O)c1ccc2cc(C(=O)NC[C@@H]3CCN(CC(c4ccccc4)c4ccccc4)C(=O)[C@H](CCN4CCCCC4)N3)ccc2c1. The Labute approximate surface area is 761 Å². The zero-order valence-electron chi connectivity index (χ0n) is 74.4. The van der Waals surface area contributed by atoms with Crippen LogP contribution < -0.4 is 31.9 Å². The van der Waals surface area contributed by atoms with Crippen molar-refractivity contribution in [3.63, 3.8) is 0 Å². The zero-order chi connectivity index (χ0) is 88.8. The van der Waals surface area contributed by atoms with E-state index in [-0.39, 0.29) is 83.2 Å². The van der Waals surface area contributed by atoms with Gasteiger partial charge in [-0.2, -0.15) is 0 Å². The third-order valence-electron chi connectivity index (χ3n) is 26.7. The molecule has 7 N–H and O–H groups in total. The number of fused-ring (bicyclic) bond motifs is 3. The number of hydrogen-bond acceptors (Lipinski definition) is 11. The van der Waals surface area contributed by atoms with E-state index in [0.29, 0.717) is 84.4 Å². The number of carboxylic acid groups (broad SMARTS) is 1. The molecule has 670 valence electrons. The van der Waals surface area contributed by atoms with Crippen molar-refractivity contribution in [2.45, 2.75) is 210 Å². The second-order valence-corrected chi connectivity index (χ2v) is 36.5. The van der Waals surface area contributed by atoms with Gasteiger partial charge >= 0.3 is 5.97 Å². The highest BCUT2D eigenvalue weighted by Gasteiger charge is 2.37. The number of carboxylic acids is 1. The predicted molar refractivity (Wildman–Crippen MR) is 515 cm³/mol. The molecule has 4 aliphatic heterocycles. The summed E-state index contributed by atoms with van der Waals surface area (Å²) >= 11 is 12.2. The van der Waals surface area contributed by atoms with Crippen LogP contribution in [0.1, 0.15) is 237 Å². The van der Waals surface area contributed by atoms with E-state index in [0.717, 1.165) is 142 Å². The number of aromatic carboxylic acids is 1. The quantitative estimate of drug-likeness (QED) is 0.0191. The Bertz CT molecular complexity index is 5190. The van der Waals surface area contributed by atoms with Gasteiger partial charge in [0.2, 0.25) is 17.7 Å². The Hall–Kier alpha value is -10.3. The number of nitrogens with zero attached hydrogens (tertiary/aromatic N) is 4. The summed E-state index contributed by atoms with van der Waals surface area (Å²) < 4.78 is 0. The average Bonchev–Trinajstić information content (AvgIpc) is 1.76. The first-order valence-corrected chi connectivity index (χ1v) is 47.7. The molecule has 6 amide bonds. The van der Waals surface area contributed by atoms with Crippen molar-refractivity contribution < 1.29 is 38.7 Å². The number of piperidine rings is 1. The van der Waals surface area contributed by atoms with Crippen LogP contribution in [-0.4, -0.2) is 181 Å². The van der Waals surface area contributed by atoms with Crippen molar-refractivity contribution >= 4 is 96.9 Å². The molecule has 10 aromatic carbocycles. The number of unbranched alkanes of at least 4 members (excludes halogenated alkanes) is 3. The molecular weight excluding hydrogens is 1620 g/mol. The highest BCUT2D eigenvalue weighted by Crippen LogP contribution is 2.33. The van der Waals surface area contributed by atoms with Gasteiger partial charge in [-0.05, 0) is 217 Å². The molecule has 20 heteroatoms. The van der Waals surface area contributed by atoms with Crippen molar-refractivity contribution in [1.82, 2.24) is 51.5 Å². The van der Waals surface area contributed by atoms with Crippen LogP contribution in [0.2, 0.25) is 10.0 Å². The Balaban J connectivity index is 0.000000164. The molecule has 127 heavy (non-hydrogen) atoms. The summed E-state index contributed by atoms with van der Waals surface area (Å²) in [5.74, 6) is 0.591. The predicted octanol–water partition coefficient (Wildman–Crippen LogP) is 19.8. The number of carbonyl (C=O) groups is 7. The summed E-state index contributed by atoms with van der Waals surface area (Å²) in [5.41, 5.74) is 6.94. The molecule has 18 nitrogen and oxygen atoms in total. The molecule has 5 fully saturated rings. The minimum Gasteiger partial charge on any atom is -0.478 e. The van der Waals surface area contributed by atoms with E-state index in [4.69, 9.17) is 23.2 Å². The van der Waals surface area contributed by atoms with Crippen molar-refractivity contribution in [2.24, 2.45) is 5.92 Å². The van der Waals surface area contributed by atoms with Crippen molar-refractivity contribution in [3.8, 4) is 0 Å². The molecule has 0 spiro atoms. The Kier molecular flexibility index (Phi) is 35.8. The molecule has 0 unspecified atom stereocenters. The second-order valence-electron chi connectivity index (χ2n) is 35.6. The van der Waals surface area contributed by atoms with Gasteiger partial charge in [-0.3, -0.25) is 28.8 Å². The number of benzene rings is 10. The first kappa shape index (κ1) is 94.3. The Morgan fingerprint density at radius 1 is 0.378 bits per heavy atom. The normalized spacial score (nSPS) is 19.6. The van der Waals surface area contributed by atoms with E-state index in [1.807, 2.05) is 102 Å². The van der Waals surface area contributed by atoms with Crippen molar-refractivity contribution in [2.75, 3.05) is 78.5 Å². The minimum atomic E-state index is -0.980. The van der Waals surface area contributed by atoms with Gasteiger partial charge in [0, 0.05) is 128 Å². The first-order valence-electron chi connectivity index (χ1n) is 47.0. The van der Waals surface area contributed by atoms with Crippen LogP contribution in [0.5, 0.6) is 0 Å². The minimum absolute atomic E-state index is 0.0372. The van der Waals surface area contributed by atoms with Gasteiger partial charge in [-0.1, -0.05) is 266 Å². The second kappa shape index (κ2) is 48.2. The molecule has 5 aliphatic rings.